The number of hydrogen-bond donors (Lipinski definition) is 0. The van der Waals surface area contributed by atoms with Crippen molar-refractivity contribution in [2.24, 2.45) is 11.8 Å². The zero-order chi connectivity index (χ0) is 16.7. The Morgan fingerprint density at radius 3 is 2.54 bits per heavy atom. The molecule has 0 radical (unpaired) electrons. The Balaban J connectivity index is 1.46. The molecule has 0 bridgehead atoms. The minimum atomic E-state index is -3.58. The predicted octanol–water partition coefficient (Wildman–Crippen LogP) is 1.56. The van der Waals surface area contributed by atoms with Gasteiger partial charge in [-0.2, -0.15) is 4.31 Å². The molecule has 4 rings (SSSR count). The van der Waals surface area contributed by atoms with Crippen molar-refractivity contribution >= 4 is 10.0 Å². The van der Waals surface area contributed by atoms with Gasteiger partial charge in [-0.3, -0.25) is 0 Å². The van der Waals surface area contributed by atoms with Crippen LogP contribution < -0.4 is 0 Å². The molecule has 3 fully saturated rings. The standard InChI is InChI=1S/C17H23FN2O3S/c18-14-3-5-15(6-4-14)24(21,22)20-10-16-13(12-23-17(16)11-20)9-19-7-1-2-8-19/h3-6,13,16-17H,1-2,7-12H2/t13-,16+,17+/m1/s1. The highest BCUT2D eigenvalue weighted by molar-refractivity contribution is 7.89. The number of rotatable bonds is 4. The lowest BCUT2D eigenvalue weighted by atomic mass is 9.93. The number of nitrogens with zero attached hydrogens (tertiary/aromatic N) is 2. The van der Waals surface area contributed by atoms with Gasteiger partial charge in [0, 0.05) is 31.5 Å². The third-order valence-electron chi connectivity index (χ3n) is 5.55. The summed E-state index contributed by atoms with van der Waals surface area (Å²) in [5.41, 5.74) is 0. The zero-order valence-electron chi connectivity index (χ0n) is 13.6. The number of hydrogen-bond acceptors (Lipinski definition) is 4. The summed E-state index contributed by atoms with van der Waals surface area (Å²) in [5.74, 6) is 0.239. The summed E-state index contributed by atoms with van der Waals surface area (Å²) in [7, 11) is -3.58. The summed E-state index contributed by atoms with van der Waals surface area (Å²) < 4.78 is 46.0. The number of fused-ring (bicyclic) bond motifs is 1. The van der Waals surface area contributed by atoms with Crippen LogP contribution in [-0.2, 0) is 14.8 Å². The van der Waals surface area contributed by atoms with E-state index >= 15 is 0 Å². The van der Waals surface area contributed by atoms with Gasteiger partial charge in [-0.15, -0.1) is 0 Å². The first kappa shape index (κ1) is 16.4. The highest BCUT2D eigenvalue weighted by atomic mass is 32.2. The number of benzene rings is 1. The Kier molecular flexibility index (Phi) is 4.36. The van der Waals surface area contributed by atoms with Gasteiger partial charge in [-0.1, -0.05) is 0 Å². The number of sulfonamides is 1. The van der Waals surface area contributed by atoms with Gasteiger partial charge in [0.15, 0.2) is 0 Å². The zero-order valence-corrected chi connectivity index (χ0v) is 14.4. The van der Waals surface area contributed by atoms with Gasteiger partial charge in [0.05, 0.1) is 17.6 Å². The maximum atomic E-state index is 13.1. The average molecular weight is 354 g/mol. The number of halogens is 1. The molecule has 0 aliphatic carbocycles. The molecule has 0 saturated carbocycles. The van der Waals surface area contributed by atoms with Crippen molar-refractivity contribution < 1.29 is 17.5 Å². The highest BCUT2D eigenvalue weighted by Gasteiger charge is 2.47. The molecule has 0 spiro atoms. The van der Waals surface area contributed by atoms with E-state index in [0.717, 1.165) is 26.2 Å². The molecule has 0 unspecified atom stereocenters. The van der Waals surface area contributed by atoms with Crippen LogP contribution in [0.1, 0.15) is 12.8 Å². The summed E-state index contributed by atoms with van der Waals surface area (Å²) in [6.07, 6.45) is 2.51. The van der Waals surface area contributed by atoms with Gasteiger partial charge in [0.25, 0.3) is 0 Å². The van der Waals surface area contributed by atoms with Crippen LogP contribution >= 0.6 is 0 Å². The van der Waals surface area contributed by atoms with Crippen LogP contribution in [0.2, 0.25) is 0 Å². The van der Waals surface area contributed by atoms with E-state index in [-0.39, 0.29) is 16.9 Å². The van der Waals surface area contributed by atoms with E-state index in [0.29, 0.717) is 19.0 Å². The van der Waals surface area contributed by atoms with E-state index < -0.39 is 15.8 Å². The normalized spacial score (nSPS) is 31.6. The quantitative estimate of drug-likeness (QED) is 0.823. The number of likely N-dealkylation sites (tertiary alicyclic amines) is 1. The van der Waals surface area contributed by atoms with Crippen LogP contribution in [0.4, 0.5) is 4.39 Å². The minimum absolute atomic E-state index is 0.00664. The summed E-state index contributed by atoms with van der Waals surface area (Å²) >= 11 is 0. The molecule has 3 aliphatic heterocycles. The van der Waals surface area contributed by atoms with E-state index in [1.165, 1.54) is 41.4 Å². The highest BCUT2D eigenvalue weighted by Crippen LogP contribution is 2.37. The van der Waals surface area contributed by atoms with Gasteiger partial charge in [-0.25, -0.2) is 12.8 Å². The van der Waals surface area contributed by atoms with Crippen molar-refractivity contribution in [3.05, 3.63) is 30.1 Å². The summed E-state index contributed by atoms with van der Waals surface area (Å²) in [6, 6.07) is 5.05. The van der Waals surface area contributed by atoms with Gasteiger partial charge in [0.2, 0.25) is 10.0 Å². The molecule has 7 heteroatoms. The third kappa shape index (κ3) is 2.98. The van der Waals surface area contributed by atoms with E-state index in [4.69, 9.17) is 4.74 Å². The lowest BCUT2D eigenvalue weighted by Crippen LogP contribution is -2.34. The van der Waals surface area contributed by atoms with Gasteiger partial charge in [-0.05, 0) is 50.2 Å². The fourth-order valence-corrected chi connectivity index (χ4v) is 5.69. The molecule has 3 aliphatic rings. The molecule has 0 aromatic heterocycles. The molecule has 132 valence electrons. The monoisotopic (exact) mass is 354 g/mol. The third-order valence-corrected chi connectivity index (χ3v) is 7.39. The van der Waals surface area contributed by atoms with Crippen LogP contribution in [0.5, 0.6) is 0 Å². The van der Waals surface area contributed by atoms with Crippen molar-refractivity contribution in [3.63, 3.8) is 0 Å². The molecule has 3 heterocycles. The minimum Gasteiger partial charge on any atom is -0.376 e. The molecule has 3 saturated heterocycles. The Labute approximate surface area is 142 Å². The summed E-state index contributed by atoms with van der Waals surface area (Å²) in [4.78, 5) is 2.62. The Hall–Kier alpha value is -1.02. The number of ether oxygens (including phenoxy) is 1. The van der Waals surface area contributed by atoms with Gasteiger partial charge in [0.1, 0.15) is 5.82 Å². The predicted molar refractivity (Wildman–Crippen MR) is 87.6 cm³/mol. The van der Waals surface area contributed by atoms with Crippen LogP contribution in [0, 0.1) is 17.7 Å². The lowest BCUT2D eigenvalue weighted by molar-refractivity contribution is 0.101. The Bertz CT molecular complexity index is 688. The summed E-state index contributed by atoms with van der Waals surface area (Å²) in [5, 5.41) is 0. The molecule has 3 atom stereocenters. The molecule has 0 amide bonds. The molecule has 24 heavy (non-hydrogen) atoms. The largest absolute Gasteiger partial charge is 0.376 e. The Morgan fingerprint density at radius 1 is 1.12 bits per heavy atom. The molecule has 1 aromatic carbocycles. The fourth-order valence-electron chi connectivity index (χ4n) is 4.20. The molecule has 0 N–H and O–H groups in total. The smallest absolute Gasteiger partial charge is 0.243 e. The van der Waals surface area contributed by atoms with Crippen LogP contribution in [0.25, 0.3) is 0 Å². The van der Waals surface area contributed by atoms with Crippen molar-refractivity contribution in [1.82, 2.24) is 9.21 Å². The second-order valence-corrected chi connectivity index (χ2v) is 9.02. The SMILES string of the molecule is O=S(=O)(c1ccc(F)cc1)N1C[C@H]2[C@H](CN3CCCC3)CO[C@H]2C1. The van der Waals surface area contributed by atoms with Crippen molar-refractivity contribution in [2.45, 2.75) is 23.8 Å². The molecule has 1 aromatic rings. The van der Waals surface area contributed by atoms with E-state index in [9.17, 15) is 12.8 Å². The fraction of sp³-hybridized carbons (Fsp3) is 0.647. The molecular weight excluding hydrogens is 331 g/mol. The van der Waals surface area contributed by atoms with Crippen molar-refractivity contribution in [2.75, 3.05) is 39.3 Å². The first-order chi connectivity index (χ1) is 11.5. The van der Waals surface area contributed by atoms with Crippen LogP contribution in [0.3, 0.4) is 0 Å². The molecular formula is C17H23FN2O3S. The van der Waals surface area contributed by atoms with Crippen LogP contribution in [0.15, 0.2) is 29.2 Å². The maximum Gasteiger partial charge on any atom is 0.243 e. The van der Waals surface area contributed by atoms with Crippen molar-refractivity contribution in [3.8, 4) is 0 Å². The average Bonchev–Trinajstić information content (AvgIpc) is 3.27. The van der Waals surface area contributed by atoms with Gasteiger partial charge >= 0.3 is 0 Å². The van der Waals surface area contributed by atoms with E-state index in [1.54, 1.807) is 0 Å². The second kappa shape index (κ2) is 6.37. The molecule has 5 nitrogen and oxygen atoms in total. The summed E-state index contributed by atoms with van der Waals surface area (Å²) in [6.45, 7) is 4.93. The first-order valence-electron chi connectivity index (χ1n) is 8.64. The maximum absolute atomic E-state index is 13.1. The van der Waals surface area contributed by atoms with Gasteiger partial charge < -0.3 is 9.64 Å². The topological polar surface area (TPSA) is 49.9 Å². The van der Waals surface area contributed by atoms with E-state index in [2.05, 4.69) is 4.90 Å². The second-order valence-electron chi connectivity index (χ2n) is 7.08. The van der Waals surface area contributed by atoms with Crippen LogP contribution in [-0.4, -0.2) is 63.1 Å². The lowest BCUT2D eigenvalue weighted by Gasteiger charge is -2.23. The Morgan fingerprint density at radius 2 is 1.83 bits per heavy atom. The van der Waals surface area contributed by atoms with Crippen molar-refractivity contribution in [1.29, 1.82) is 0 Å². The first-order valence-corrected chi connectivity index (χ1v) is 10.1. The van der Waals surface area contributed by atoms with E-state index in [1.807, 2.05) is 0 Å².